The third-order valence-electron chi connectivity index (χ3n) is 4.79. The molecule has 16 nitrogen and oxygen atoms in total. The number of hydrogen-bond donors (Lipinski definition) is 5. The van der Waals surface area contributed by atoms with E-state index in [1.807, 2.05) is 0 Å². The van der Waals surface area contributed by atoms with Crippen molar-refractivity contribution in [2.75, 3.05) is 5.73 Å². The van der Waals surface area contributed by atoms with E-state index in [9.17, 15) is 32.5 Å². The number of rotatable bonds is 10. The number of β-lactam (4-membered cyclic amide) rings is 1. The number of thiazole rings is 1. The summed E-state index contributed by atoms with van der Waals surface area (Å²) in [4.78, 5) is 45.7. The average molecular weight is 532 g/mol. The highest BCUT2D eigenvalue weighted by Gasteiger charge is 2.54. The predicted octanol–water partition coefficient (Wildman–Crippen LogP) is -1.50. The molecule has 1 fully saturated rings. The first-order valence-electron chi connectivity index (χ1n) is 9.71. The van der Waals surface area contributed by atoms with Crippen LogP contribution in [-0.2, 0) is 42.5 Å². The average Bonchev–Trinajstić information content (AvgIpc) is 3.39. The van der Waals surface area contributed by atoms with Crippen molar-refractivity contribution in [3.05, 3.63) is 28.6 Å². The molecule has 0 aliphatic carbocycles. The molecular formula is C17H21N7O9S2. The molecule has 35 heavy (non-hydrogen) atoms. The third-order valence-corrected chi connectivity index (χ3v) is 6.41. The summed E-state index contributed by atoms with van der Waals surface area (Å²) in [6.07, 6.45) is -0.224. The Labute approximate surface area is 201 Å². The number of carboxylic acid groups (broad SMARTS) is 1. The van der Waals surface area contributed by atoms with E-state index >= 15 is 0 Å². The zero-order chi connectivity index (χ0) is 26.1. The molecule has 3 heterocycles. The first kappa shape index (κ1) is 26.0. The Morgan fingerprint density at radius 2 is 2.11 bits per heavy atom. The Morgan fingerprint density at radius 3 is 2.63 bits per heavy atom. The van der Waals surface area contributed by atoms with E-state index in [0.717, 1.165) is 11.3 Å². The Morgan fingerprint density at radius 1 is 1.43 bits per heavy atom. The van der Waals surface area contributed by atoms with E-state index in [2.05, 4.69) is 20.6 Å². The van der Waals surface area contributed by atoms with Gasteiger partial charge in [-0.2, -0.15) is 8.42 Å². The summed E-state index contributed by atoms with van der Waals surface area (Å²) in [6.45, 7) is 2.39. The molecule has 2 aromatic heterocycles. The van der Waals surface area contributed by atoms with Gasteiger partial charge in [0.05, 0.1) is 18.3 Å². The predicted molar refractivity (Wildman–Crippen MR) is 118 cm³/mol. The van der Waals surface area contributed by atoms with Crippen LogP contribution in [0.15, 0.2) is 21.1 Å². The van der Waals surface area contributed by atoms with Crippen LogP contribution in [-0.4, -0.2) is 73.7 Å². The number of hydrogen-bond acceptors (Lipinski definition) is 13. The van der Waals surface area contributed by atoms with Crippen molar-refractivity contribution in [3.63, 3.8) is 0 Å². The molecule has 2 amide bonds. The van der Waals surface area contributed by atoms with Gasteiger partial charge in [-0.05, 0) is 13.8 Å². The maximum absolute atomic E-state index is 13.0. The lowest BCUT2D eigenvalue weighted by atomic mass is 9.93. The molecule has 0 radical (unpaired) electrons. The molecule has 18 heteroatoms. The smallest absolute Gasteiger partial charge is 0.362 e. The van der Waals surface area contributed by atoms with E-state index in [1.165, 1.54) is 25.3 Å². The maximum Gasteiger partial charge on any atom is 0.362 e. The van der Waals surface area contributed by atoms with Crippen LogP contribution in [0.2, 0.25) is 0 Å². The highest BCUT2D eigenvalue weighted by molar-refractivity contribution is 7.84. The molecule has 1 saturated heterocycles. The normalized spacial score (nSPS) is 18.8. The summed E-state index contributed by atoms with van der Waals surface area (Å²) in [6, 6.07) is -1.28. The van der Waals surface area contributed by atoms with Crippen molar-refractivity contribution >= 4 is 50.3 Å². The fraction of sp³-hybridized carbons (Fsp3) is 0.412. The molecule has 2 atom stereocenters. The number of oxime groups is 1. The van der Waals surface area contributed by atoms with E-state index in [0.29, 0.717) is 5.76 Å². The van der Waals surface area contributed by atoms with Gasteiger partial charge >= 0.3 is 16.3 Å². The maximum atomic E-state index is 13.0. The van der Waals surface area contributed by atoms with Crippen LogP contribution in [0.25, 0.3) is 0 Å². The second-order valence-electron chi connectivity index (χ2n) is 7.74. The van der Waals surface area contributed by atoms with Gasteiger partial charge < -0.3 is 31.3 Å². The minimum atomic E-state index is -4.96. The number of anilines is 1. The minimum Gasteiger partial charge on any atom is -0.478 e. The van der Waals surface area contributed by atoms with Crippen LogP contribution in [0, 0.1) is 0 Å². The summed E-state index contributed by atoms with van der Waals surface area (Å²) in [5.74, 6) is -3.25. The SMILES string of the molecule is CC(C)(O/N=C(\C(=O)NC1C(=O)N(S(=O)(=O)O)[C@H]1Cc1cc(CN)on1)c1csc(N)n1)C(=O)O. The lowest BCUT2D eigenvalue weighted by Crippen LogP contribution is -2.73. The van der Waals surface area contributed by atoms with Gasteiger partial charge in [0.2, 0.25) is 5.60 Å². The summed E-state index contributed by atoms with van der Waals surface area (Å²) in [5, 5.41) is 20.3. The van der Waals surface area contributed by atoms with Crippen LogP contribution >= 0.6 is 11.3 Å². The number of nitrogens with two attached hydrogens (primary N) is 2. The van der Waals surface area contributed by atoms with Gasteiger partial charge in [-0.15, -0.1) is 11.3 Å². The summed E-state index contributed by atoms with van der Waals surface area (Å²) < 4.78 is 38.0. The number of carbonyl (C=O) groups is 3. The highest BCUT2D eigenvalue weighted by atomic mass is 32.2. The third kappa shape index (κ3) is 5.56. The number of carbonyl (C=O) groups excluding carboxylic acids is 2. The van der Waals surface area contributed by atoms with Crippen molar-refractivity contribution in [1.29, 1.82) is 0 Å². The fourth-order valence-corrected chi connectivity index (χ4v) is 4.36. The number of amides is 2. The molecule has 2 aromatic rings. The van der Waals surface area contributed by atoms with Crippen molar-refractivity contribution in [2.45, 2.75) is 44.5 Å². The Hall–Kier alpha value is -3.61. The molecule has 0 aromatic carbocycles. The van der Waals surface area contributed by atoms with E-state index < -0.39 is 51.5 Å². The Bertz CT molecular complexity index is 1280. The first-order chi connectivity index (χ1) is 16.2. The Balaban J connectivity index is 1.89. The second kappa shape index (κ2) is 9.56. The second-order valence-corrected chi connectivity index (χ2v) is 9.92. The molecule has 3 rings (SSSR count). The van der Waals surface area contributed by atoms with Gasteiger partial charge in [0.15, 0.2) is 16.6 Å². The van der Waals surface area contributed by atoms with Gasteiger partial charge in [-0.25, -0.2) is 14.1 Å². The minimum absolute atomic E-state index is 0.0159. The van der Waals surface area contributed by atoms with E-state index in [1.54, 1.807) is 0 Å². The fourth-order valence-electron chi connectivity index (χ4n) is 2.93. The van der Waals surface area contributed by atoms with Crippen molar-refractivity contribution in [1.82, 2.24) is 19.8 Å². The van der Waals surface area contributed by atoms with Gasteiger partial charge in [-0.1, -0.05) is 10.3 Å². The van der Waals surface area contributed by atoms with Crippen molar-refractivity contribution < 1.29 is 41.8 Å². The number of aromatic nitrogens is 2. The number of nitrogen functional groups attached to an aromatic ring is 1. The summed E-state index contributed by atoms with van der Waals surface area (Å²) in [5.41, 5.74) is 8.85. The van der Waals surface area contributed by atoms with Crippen LogP contribution in [0.5, 0.6) is 0 Å². The molecule has 1 unspecified atom stereocenters. The zero-order valence-corrected chi connectivity index (χ0v) is 19.9. The first-order valence-corrected chi connectivity index (χ1v) is 12.0. The molecule has 0 saturated carbocycles. The molecule has 0 bridgehead atoms. The monoisotopic (exact) mass is 531 g/mol. The van der Waals surface area contributed by atoms with E-state index in [-0.39, 0.29) is 33.8 Å². The molecular weight excluding hydrogens is 510 g/mol. The van der Waals surface area contributed by atoms with Crippen LogP contribution in [0.3, 0.4) is 0 Å². The lowest BCUT2D eigenvalue weighted by Gasteiger charge is -2.43. The molecule has 190 valence electrons. The molecule has 7 N–H and O–H groups in total. The van der Waals surface area contributed by atoms with E-state index in [4.69, 9.17) is 20.8 Å². The van der Waals surface area contributed by atoms with Gasteiger partial charge in [0.25, 0.3) is 11.8 Å². The number of nitrogens with zero attached hydrogens (tertiary/aromatic N) is 4. The lowest BCUT2D eigenvalue weighted by molar-refractivity contribution is -0.161. The Kier molecular flexibility index (Phi) is 7.11. The zero-order valence-electron chi connectivity index (χ0n) is 18.2. The van der Waals surface area contributed by atoms with Gasteiger partial charge in [0, 0.05) is 17.9 Å². The van der Waals surface area contributed by atoms with Crippen LogP contribution < -0.4 is 16.8 Å². The standard InChI is InChI=1S/C17H21N7O9S2/c1-17(2,15(27)28)33-23-11(9-6-34-16(19)20-9)13(25)21-12-10(24(14(12)26)35(29,30)31)4-7-3-8(5-18)32-22-7/h3,6,10,12H,4-5,18H2,1-2H3,(H2,19,20)(H,21,25)(H,27,28)(H,29,30,31)/b23-11-/t10-,12?/m0/s1. The highest BCUT2D eigenvalue weighted by Crippen LogP contribution is 2.27. The van der Waals surface area contributed by atoms with Crippen LogP contribution in [0.1, 0.15) is 31.0 Å². The van der Waals surface area contributed by atoms with Gasteiger partial charge in [-0.3, -0.25) is 14.1 Å². The number of aliphatic carboxylic acids is 1. The number of nitrogens with one attached hydrogen (secondary N) is 1. The summed E-state index contributed by atoms with van der Waals surface area (Å²) in [7, 11) is -4.96. The summed E-state index contributed by atoms with van der Waals surface area (Å²) >= 11 is 0.957. The van der Waals surface area contributed by atoms with Crippen molar-refractivity contribution in [2.24, 2.45) is 10.9 Å². The van der Waals surface area contributed by atoms with Gasteiger partial charge in [0.1, 0.15) is 11.7 Å². The molecule has 1 aliphatic rings. The molecule has 0 spiro atoms. The topological polar surface area (TPSA) is 254 Å². The largest absolute Gasteiger partial charge is 0.478 e. The quantitative estimate of drug-likeness (QED) is 0.101. The number of carboxylic acids is 1. The van der Waals surface area contributed by atoms with Crippen molar-refractivity contribution in [3.8, 4) is 0 Å². The van der Waals surface area contributed by atoms with Crippen LogP contribution in [0.4, 0.5) is 5.13 Å². The molecule has 1 aliphatic heterocycles.